The first-order valence-electron chi connectivity index (χ1n) is 5.54. The van der Waals surface area contributed by atoms with Gasteiger partial charge in [0.2, 0.25) is 0 Å². The lowest BCUT2D eigenvalue weighted by Crippen LogP contribution is -1.89. The van der Waals surface area contributed by atoms with E-state index in [1.165, 1.54) is 22.3 Å². The lowest BCUT2D eigenvalue weighted by molar-refractivity contribution is 1.26. The van der Waals surface area contributed by atoms with Crippen LogP contribution in [0.15, 0.2) is 61.2 Å². The second-order valence-electron chi connectivity index (χ2n) is 4.14. The van der Waals surface area contributed by atoms with Gasteiger partial charge in [-0.2, -0.15) is 0 Å². The predicted octanol–water partition coefficient (Wildman–Crippen LogP) is 4.25. The molecule has 0 saturated carbocycles. The maximum atomic E-state index is 4.15. The molecule has 0 heterocycles. The van der Waals surface area contributed by atoms with Gasteiger partial charge in [0.15, 0.2) is 0 Å². The van der Waals surface area contributed by atoms with Gasteiger partial charge < -0.3 is 0 Å². The van der Waals surface area contributed by atoms with Gasteiger partial charge in [-0.05, 0) is 30.0 Å². The standard InChI is InChI=1S/C16H16/c1-13-7-6-8-15(11-13)12-14(2)16-9-4-3-5-10-16/h3-11H,2,12H2,1H3. The van der Waals surface area contributed by atoms with Crippen molar-refractivity contribution in [3.05, 3.63) is 77.9 Å². The molecule has 0 unspecified atom stereocenters. The monoisotopic (exact) mass is 208 g/mol. The summed E-state index contributed by atoms with van der Waals surface area (Å²) in [5.41, 5.74) is 5.03. The molecule has 0 amide bonds. The van der Waals surface area contributed by atoms with E-state index >= 15 is 0 Å². The zero-order valence-electron chi connectivity index (χ0n) is 9.61. The van der Waals surface area contributed by atoms with Crippen molar-refractivity contribution in [1.82, 2.24) is 0 Å². The van der Waals surface area contributed by atoms with Crippen molar-refractivity contribution in [2.24, 2.45) is 0 Å². The first-order chi connectivity index (χ1) is 7.75. The Hall–Kier alpha value is -1.82. The predicted molar refractivity (Wildman–Crippen MR) is 70.4 cm³/mol. The molecule has 2 aromatic carbocycles. The Kier molecular flexibility index (Phi) is 3.21. The largest absolute Gasteiger partial charge is 0.0949 e. The van der Waals surface area contributed by atoms with Crippen molar-refractivity contribution in [3.63, 3.8) is 0 Å². The maximum Gasteiger partial charge on any atom is -0.00256 e. The lowest BCUT2D eigenvalue weighted by Gasteiger charge is -2.06. The summed E-state index contributed by atoms with van der Waals surface area (Å²) in [7, 11) is 0. The molecular weight excluding hydrogens is 192 g/mol. The Morgan fingerprint density at radius 3 is 2.44 bits per heavy atom. The van der Waals surface area contributed by atoms with Gasteiger partial charge in [-0.15, -0.1) is 0 Å². The van der Waals surface area contributed by atoms with Crippen molar-refractivity contribution >= 4 is 5.57 Å². The van der Waals surface area contributed by atoms with Gasteiger partial charge in [0.05, 0.1) is 0 Å². The van der Waals surface area contributed by atoms with Crippen LogP contribution in [0, 0.1) is 6.92 Å². The summed E-state index contributed by atoms with van der Waals surface area (Å²) < 4.78 is 0. The van der Waals surface area contributed by atoms with Crippen molar-refractivity contribution < 1.29 is 0 Å². The van der Waals surface area contributed by atoms with Crippen LogP contribution in [0.25, 0.3) is 5.57 Å². The molecular formula is C16H16. The van der Waals surface area contributed by atoms with Crippen molar-refractivity contribution in [2.45, 2.75) is 13.3 Å². The highest BCUT2D eigenvalue weighted by atomic mass is 14.0. The zero-order valence-corrected chi connectivity index (χ0v) is 9.61. The van der Waals surface area contributed by atoms with Crippen LogP contribution in [0.1, 0.15) is 16.7 Å². The highest BCUT2D eigenvalue weighted by molar-refractivity contribution is 5.65. The highest BCUT2D eigenvalue weighted by Crippen LogP contribution is 2.17. The SMILES string of the molecule is C=C(Cc1cccc(C)c1)c1ccccc1. The summed E-state index contributed by atoms with van der Waals surface area (Å²) in [5, 5.41) is 0. The Labute approximate surface area is 97.3 Å². The van der Waals surface area contributed by atoms with Gasteiger partial charge in [-0.1, -0.05) is 66.7 Å². The molecule has 16 heavy (non-hydrogen) atoms. The van der Waals surface area contributed by atoms with E-state index in [4.69, 9.17) is 0 Å². The fourth-order valence-electron chi connectivity index (χ4n) is 1.84. The molecule has 0 nitrogen and oxygen atoms in total. The molecule has 0 saturated heterocycles. The topological polar surface area (TPSA) is 0 Å². The van der Waals surface area contributed by atoms with Gasteiger partial charge in [-0.3, -0.25) is 0 Å². The molecule has 0 radical (unpaired) electrons. The number of aryl methyl sites for hydroxylation is 1. The zero-order chi connectivity index (χ0) is 11.4. The molecule has 0 aliphatic rings. The summed E-state index contributed by atoms with van der Waals surface area (Å²) in [4.78, 5) is 0. The summed E-state index contributed by atoms with van der Waals surface area (Å²) in [6, 6.07) is 18.9. The molecule has 80 valence electrons. The van der Waals surface area contributed by atoms with E-state index in [-0.39, 0.29) is 0 Å². The van der Waals surface area contributed by atoms with Gasteiger partial charge in [0.25, 0.3) is 0 Å². The summed E-state index contributed by atoms with van der Waals surface area (Å²) in [6.07, 6.45) is 0.922. The summed E-state index contributed by atoms with van der Waals surface area (Å²) >= 11 is 0. The first kappa shape index (κ1) is 10.7. The third-order valence-corrected chi connectivity index (χ3v) is 2.68. The van der Waals surface area contributed by atoms with Crippen molar-refractivity contribution in [2.75, 3.05) is 0 Å². The molecule has 0 heteroatoms. The minimum Gasteiger partial charge on any atom is -0.0949 e. The van der Waals surface area contributed by atoms with E-state index in [0.29, 0.717) is 0 Å². The minimum atomic E-state index is 0.922. The summed E-state index contributed by atoms with van der Waals surface area (Å²) in [5.74, 6) is 0. The molecule has 0 fully saturated rings. The number of hydrogen-bond acceptors (Lipinski definition) is 0. The Morgan fingerprint density at radius 1 is 1.00 bits per heavy atom. The van der Waals surface area contributed by atoms with Gasteiger partial charge in [-0.25, -0.2) is 0 Å². The summed E-state index contributed by atoms with van der Waals surface area (Å²) in [6.45, 7) is 6.27. The van der Waals surface area contributed by atoms with Gasteiger partial charge >= 0.3 is 0 Å². The quantitative estimate of drug-likeness (QED) is 0.707. The van der Waals surface area contributed by atoms with Crippen LogP contribution in [0.3, 0.4) is 0 Å². The third-order valence-electron chi connectivity index (χ3n) is 2.68. The first-order valence-corrected chi connectivity index (χ1v) is 5.54. The fraction of sp³-hybridized carbons (Fsp3) is 0.125. The van der Waals surface area contributed by atoms with Gasteiger partial charge in [0, 0.05) is 0 Å². The number of rotatable bonds is 3. The van der Waals surface area contributed by atoms with E-state index in [1.54, 1.807) is 0 Å². The Morgan fingerprint density at radius 2 is 1.75 bits per heavy atom. The molecule has 2 rings (SSSR count). The second kappa shape index (κ2) is 4.80. The fourth-order valence-corrected chi connectivity index (χ4v) is 1.84. The van der Waals surface area contributed by atoms with E-state index in [2.05, 4.69) is 62.0 Å². The van der Waals surface area contributed by atoms with Crippen LogP contribution < -0.4 is 0 Å². The molecule has 0 N–H and O–H groups in total. The minimum absolute atomic E-state index is 0.922. The molecule has 0 aliphatic heterocycles. The van der Waals surface area contributed by atoms with E-state index in [1.807, 2.05) is 6.07 Å². The van der Waals surface area contributed by atoms with Crippen LogP contribution >= 0.6 is 0 Å². The maximum absolute atomic E-state index is 4.15. The molecule has 2 aromatic rings. The van der Waals surface area contributed by atoms with Gasteiger partial charge in [0.1, 0.15) is 0 Å². The number of benzene rings is 2. The van der Waals surface area contributed by atoms with Crippen LogP contribution in [-0.4, -0.2) is 0 Å². The van der Waals surface area contributed by atoms with E-state index in [0.717, 1.165) is 6.42 Å². The Bertz CT molecular complexity index is 480. The van der Waals surface area contributed by atoms with Crippen LogP contribution in [0.2, 0.25) is 0 Å². The van der Waals surface area contributed by atoms with E-state index < -0.39 is 0 Å². The molecule has 0 atom stereocenters. The molecule has 0 aliphatic carbocycles. The normalized spacial score (nSPS) is 10.1. The Balaban J connectivity index is 2.14. The van der Waals surface area contributed by atoms with Crippen LogP contribution in [-0.2, 0) is 6.42 Å². The van der Waals surface area contributed by atoms with Crippen LogP contribution in [0.4, 0.5) is 0 Å². The molecule has 0 aromatic heterocycles. The van der Waals surface area contributed by atoms with E-state index in [9.17, 15) is 0 Å². The molecule has 0 bridgehead atoms. The number of allylic oxidation sites excluding steroid dienone is 1. The van der Waals surface area contributed by atoms with Crippen LogP contribution in [0.5, 0.6) is 0 Å². The second-order valence-corrected chi connectivity index (χ2v) is 4.14. The highest BCUT2D eigenvalue weighted by Gasteiger charge is 2.00. The average molecular weight is 208 g/mol. The third kappa shape index (κ3) is 2.60. The number of hydrogen-bond donors (Lipinski definition) is 0. The smallest absolute Gasteiger partial charge is 0.00256 e. The van der Waals surface area contributed by atoms with Crippen molar-refractivity contribution in [3.8, 4) is 0 Å². The average Bonchev–Trinajstić information content (AvgIpc) is 2.30. The lowest BCUT2D eigenvalue weighted by atomic mass is 9.99. The molecule has 0 spiro atoms. The van der Waals surface area contributed by atoms with Crippen molar-refractivity contribution in [1.29, 1.82) is 0 Å².